The number of aliphatic hydroxyl groups is 7. The smallest absolute Gasteiger partial charge is 0.180 e. The van der Waals surface area contributed by atoms with Crippen molar-refractivity contribution in [1.82, 2.24) is 0 Å². The molecule has 1 rings (SSSR count). The minimum absolute atomic E-state index is 0.550. The van der Waals surface area contributed by atoms with Gasteiger partial charge in [0.15, 0.2) is 6.29 Å². The molecule has 7 N–H and O–H groups in total. The van der Waals surface area contributed by atoms with Crippen molar-refractivity contribution in [3.8, 4) is 0 Å². The van der Waals surface area contributed by atoms with Crippen LogP contribution in [0.1, 0.15) is 5.56 Å². The maximum Gasteiger partial charge on any atom is 0.180 e. The van der Waals surface area contributed by atoms with Crippen LogP contribution in [0, 0.1) is 0 Å². The Hall–Kier alpha value is -1.48. The van der Waals surface area contributed by atoms with Gasteiger partial charge in [-0.15, -0.1) is 0 Å². The molecule has 0 aliphatic carbocycles. The molecule has 0 aliphatic heterocycles. The molecule has 0 fully saturated rings. The zero-order valence-corrected chi connectivity index (χ0v) is 10.5. The predicted octanol–water partition coefficient (Wildman–Crippen LogP) is -1.66. The molecule has 0 aliphatic rings. The van der Waals surface area contributed by atoms with Gasteiger partial charge in [0.1, 0.15) is 30.2 Å². The Balaban J connectivity index is 2.78. The summed E-state index contributed by atoms with van der Waals surface area (Å²) in [7, 11) is 0. The Morgan fingerprint density at radius 2 is 1.35 bits per heavy atom. The summed E-state index contributed by atoms with van der Waals surface area (Å²) in [5, 5.41) is 64.8. The zero-order chi connectivity index (χ0) is 15.3. The molecule has 0 heterocycles. The Kier molecular flexibility index (Phi) is 6.08. The molecule has 7 heteroatoms. The lowest BCUT2D eigenvalue weighted by atomic mass is 10.0. The molecule has 0 radical (unpaired) electrons. The first-order valence-corrected chi connectivity index (χ1v) is 5.88. The first kappa shape index (κ1) is 16.6. The van der Waals surface area contributed by atoms with E-state index in [4.69, 9.17) is 15.3 Å². The molecule has 7 nitrogen and oxygen atoms in total. The highest BCUT2D eigenvalue weighted by molar-refractivity contribution is 5.51. The Labute approximate surface area is 115 Å². The van der Waals surface area contributed by atoms with Crippen molar-refractivity contribution in [2.75, 3.05) is 0 Å². The number of aliphatic hydroxyl groups excluding tert-OH is 6. The molecule has 0 aromatic heterocycles. The lowest BCUT2D eigenvalue weighted by Gasteiger charge is -2.26. The van der Waals surface area contributed by atoms with Crippen molar-refractivity contribution in [2.45, 2.75) is 30.7 Å². The summed E-state index contributed by atoms with van der Waals surface area (Å²) in [5.74, 6) is -0.637. The molecule has 1 aromatic rings. The Morgan fingerprint density at radius 3 is 1.85 bits per heavy atom. The molecular weight excluding hydrogens is 268 g/mol. The summed E-state index contributed by atoms with van der Waals surface area (Å²) >= 11 is 0. The maximum absolute atomic E-state index is 9.65. The SMILES string of the molecule is OC(=Cc1ccccc1)[C@@H](O)[C@@H](O)[C@H](O)[C@@H](O)C(O)O. The molecule has 112 valence electrons. The van der Waals surface area contributed by atoms with E-state index in [9.17, 15) is 20.4 Å². The van der Waals surface area contributed by atoms with E-state index in [-0.39, 0.29) is 0 Å². The van der Waals surface area contributed by atoms with Gasteiger partial charge in [-0.2, -0.15) is 0 Å². The first-order valence-electron chi connectivity index (χ1n) is 5.88. The third kappa shape index (κ3) is 4.27. The van der Waals surface area contributed by atoms with Crippen molar-refractivity contribution >= 4 is 6.08 Å². The van der Waals surface area contributed by atoms with Crippen molar-refractivity contribution in [3.63, 3.8) is 0 Å². The fourth-order valence-electron chi connectivity index (χ4n) is 1.55. The summed E-state index contributed by atoms with van der Waals surface area (Å²) in [6.45, 7) is 0. The number of hydrogen-bond acceptors (Lipinski definition) is 7. The maximum atomic E-state index is 9.65. The van der Waals surface area contributed by atoms with E-state index in [1.807, 2.05) is 0 Å². The van der Waals surface area contributed by atoms with Gasteiger partial charge in [-0.05, 0) is 11.6 Å². The van der Waals surface area contributed by atoms with Crippen molar-refractivity contribution < 1.29 is 35.7 Å². The fourth-order valence-corrected chi connectivity index (χ4v) is 1.55. The third-order valence-electron chi connectivity index (χ3n) is 2.75. The quantitative estimate of drug-likeness (QED) is 0.245. The topological polar surface area (TPSA) is 142 Å². The highest BCUT2D eigenvalue weighted by Gasteiger charge is 2.35. The van der Waals surface area contributed by atoms with Gasteiger partial charge in [-0.3, -0.25) is 0 Å². The van der Waals surface area contributed by atoms with Gasteiger partial charge in [0.05, 0.1) is 0 Å². The molecular formula is C13H18O7. The lowest BCUT2D eigenvalue weighted by molar-refractivity contribution is -0.187. The highest BCUT2D eigenvalue weighted by atomic mass is 16.5. The monoisotopic (exact) mass is 286 g/mol. The van der Waals surface area contributed by atoms with Gasteiger partial charge in [-0.1, -0.05) is 30.3 Å². The largest absolute Gasteiger partial charge is 0.509 e. The van der Waals surface area contributed by atoms with Gasteiger partial charge < -0.3 is 35.7 Å². The minimum atomic E-state index is -2.29. The fraction of sp³-hybridized carbons (Fsp3) is 0.385. The lowest BCUT2D eigenvalue weighted by Crippen LogP contribution is -2.49. The number of rotatable bonds is 6. The summed E-state index contributed by atoms with van der Waals surface area (Å²) < 4.78 is 0. The summed E-state index contributed by atoms with van der Waals surface area (Å²) in [6.07, 6.45) is -9.12. The third-order valence-corrected chi connectivity index (χ3v) is 2.75. The average Bonchev–Trinajstić information content (AvgIpc) is 2.44. The van der Waals surface area contributed by atoms with Crippen LogP contribution in [0.3, 0.4) is 0 Å². The standard InChI is InChI=1S/C13H18O7/c14-8(6-7-4-2-1-3-5-7)9(15)10(16)11(17)12(18)13(19)20/h1-6,9-20H/t9-,10-,11+,12-/m1/s1. The summed E-state index contributed by atoms with van der Waals surface area (Å²) in [4.78, 5) is 0. The predicted molar refractivity (Wildman–Crippen MR) is 69.3 cm³/mol. The van der Waals surface area contributed by atoms with E-state index in [1.54, 1.807) is 30.3 Å². The normalized spacial score (nSPS) is 18.6. The van der Waals surface area contributed by atoms with Crippen LogP contribution in [0.5, 0.6) is 0 Å². The molecule has 0 bridgehead atoms. The molecule has 0 saturated carbocycles. The Bertz CT molecular complexity index is 432. The van der Waals surface area contributed by atoms with E-state index < -0.39 is 36.5 Å². The van der Waals surface area contributed by atoms with Crippen molar-refractivity contribution in [2.24, 2.45) is 0 Å². The van der Waals surface area contributed by atoms with Crippen molar-refractivity contribution in [3.05, 3.63) is 41.7 Å². The van der Waals surface area contributed by atoms with Crippen LogP contribution < -0.4 is 0 Å². The second-order valence-corrected chi connectivity index (χ2v) is 4.31. The first-order chi connectivity index (χ1) is 9.34. The molecule has 20 heavy (non-hydrogen) atoms. The highest BCUT2D eigenvalue weighted by Crippen LogP contribution is 2.14. The molecule has 0 amide bonds. The van der Waals surface area contributed by atoms with Gasteiger partial charge in [0.25, 0.3) is 0 Å². The van der Waals surface area contributed by atoms with Gasteiger partial charge in [0, 0.05) is 0 Å². The van der Waals surface area contributed by atoms with Crippen LogP contribution in [0.2, 0.25) is 0 Å². The number of hydrogen-bond donors (Lipinski definition) is 7. The zero-order valence-electron chi connectivity index (χ0n) is 10.5. The van der Waals surface area contributed by atoms with Crippen LogP contribution in [-0.4, -0.2) is 66.5 Å². The minimum Gasteiger partial charge on any atom is -0.509 e. The van der Waals surface area contributed by atoms with Crippen LogP contribution in [0.25, 0.3) is 6.08 Å². The molecule has 4 atom stereocenters. The number of benzene rings is 1. The van der Waals surface area contributed by atoms with E-state index in [0.29, 0.717) is 5.56 Å². The van der Waals surface area contributed by atoms with Gasteiger partial charge in [0.2, 0.25) is 0 Å². The van der Waals surface area contributed by atoms with E-state index >= 15 is 0 Å². The second-order valence-electron chi connectivity index (χ2n) is 4.31. The van der Waals surface area contributed by atoms with Crippen LogP contribution in [-0.2, 0) is 0 Å². The average molecular weight is 286 g/mol. The van der Waals surface area contributed by atoms with Crippen molar-refractivity contribution in [1.29, 1.82) is 0 Å². The molecule has 0 unspecified atom stereocenters. The van der Waals surface area contributed by atoms with E-state index in [1.165, 1.54) is 6.08 Å². The van der Waals surface area contributed by atoms with E-state index in [0.717, 1.165) is 0 Å². The van der Waals surface area contributed by atoms with Gasteiger partial charge >= 0.3 is 0 Å². The van der Waals surface area contributed by atoms with Gasteiger partial charge in [-0.25, -0.2) is 0 Å². The van der Waals surface area contributed by atoms with Crippen LogP contribution in [0.4, 0.5) is 0 Å². The van der Waals surface area contributed by atoms with E-state index in [2.05, 4.69) is 0 Å². The second kappa shape index (κ2) is 7.34. The Morgan fingerprint density at radius 1 is 0.800 bits per heavy atom. The van der Waals surface area contributed by atoms with Crippen LogP contribution >= 0.6 is 0 Å². The summed E-state index contributed by atoms with van der Waals surface area (Å²) in [5.41, 5.74) is 0.550. The molecule has 1 aromatic carbocycles. The summed E-state index contributed by atoms with van der Waals surface area (Å²) in [6, 6.07) is 8.42. The molecule has 0 saturated heterocycles. The van der Waals surface area contributed by atoms with Crippen LogP contribution in [0.15, 0.2) is 36.1 Å². The molecule has 0 spiro atoms.